The van der Waals surface area contributed by atoms with Gasteiger partial charge in [0.15, 0.2) is 0 Å². The molecule has 0 unspecified atom stereocenters. The molecule has 108 valence electrons. The van der Waals surface area contributed by atoms with E-state index in [1.165, 1.54) is 5.56 Å². The highest BCUT2D eigenvalue weighted by molar-refractivity contribution is 6.34. The Balaban J connectivity index is 1.98. The van der Waals surface area contributed by atoms with Crippen LogP contribution < -0.4 is 4.90 Å². The number of carbonyl (C=O) groups is 1. The van der Waals surface area contributed by atoms with Crippen LogP contribution >= 0.6 is 23.2 Å². The number of pyridine rings is 1. The first-order valence-corrected chi connectivity index (χ1v) is 7.59. The summed E-state index contributed by atoms with van der Waals surface area (Å²) in [5.41, 5.74) is 2.96. The minimum atomic E-state index is 0.117. The molecule has 0 atom stereocenters. The monoisotopic (exact) mass is 320 g/mol. The second-order valence-electron chi connectivity index (χ2n) is 5.06. The molecule has 0 spiro atoms. The number of para-hydroxylation sites is 1. The summed E-state index contributed by atoms with van der Waals surface area (Å²) < 4.78 is 0. The van der Waals surface area contributed by atoms with Crippen molar-refractivity contribution in [2.24, 2.45) is 0 Å². The van der Waals surface area contributed by atoms with Crippen LogP contribution in [0.4, 0.5) is 5.69 Å². The van der Waals surface area contributed by atoms with Crippen molar-refractivity contribution in [3.05, 3.63) is 57.8 Å². The van der Waals surface area contributed by atoms with Gasteiger partial charge >= 0.3 is 0 Å². The molecule has 0 saturated carbocycles. The molecule has 2 aromatic rings. The fourth-order valence-corrected chi connectivity index (χ4v) is 3.01. The van der Waals surface area contributed by atoms with Gasteiger partial charge in [-0.2, -0.15) is 0 Å². The maximum atomic E-state index is 12.4. The van der Waals surface area contributed by atoms with Gasteiger partial charge in [-0.25, -0.2) is 4.98 Å². The fourth-order valence-electron chi connectivity index (χ4n) is 2.58. The average Bonchev–Trinajstić information content (AvgIpc) is 2.62. The first kappa shape index (κ1) is 14.4. The van der Waals surface area contributed by atoms with Crippen LogP contribution in [0.2, 0.25) is 10.2 Å². The summed E-state index contributed by atoms with van der Waals surface area (Å²) in [5.74, 6) is 0.117. The molecule has 1 aliphatic heterocycles. The minimum Gasteiger partial charge on any atom is -0.308 e. The third-order valence-electron chi connectivity index (χ3n) is 3.64. The van der Waals surface area contributed by atoms with Gasteiger partial charge in [0.1, 0.15) is 5.15 Å². The number of amides is 1. The van der Waals surface area contributed by atoms with Crippen LogP contribution in [0.3, 0.4) is 0 Å². The zero-order chi connectivity index (χ0) is 14.8. The molecule has 1 amide bonds. The van der Waals surface area contributed by atoms with Crippen LogP contribution in [0.15, 0.2) is 36.5 Å². The molecule has 0 bridgehead atoms. The third-order valence-corrected chi connectivity index (χ3v) is 4.20. The number of rotatable bonds is 2. The van der Waals surface area contributed by atoms with Crippen molar-refractivity contribution in [3.8, 4) is 0 Å². The molecule has 2 heterocycles. The Labute approximate surface area is 133 Å². The van der Waals surface area contributed by atoms with E-state index >= 15 is 0 Å². The highest BCUT2D eigenvalue weighted by Gasteiger charge is 2.22. The van der Waals surface area contributed by atoms with E-state index < -0.39 is 0 Å². The van der Waals surface area contributed by atoms with Crippen LogP contribution in [-0.2, 0) is 17.8 Å². The molecule has 0 aliphatic carbocycles. The molecule has 3 rings (SSSR count). The maximum absolute atomic E-state index is 12.4. The fraction of sp³-hybridized carbons (Fsp3) is 0.250. The lowest BCUT2D eigenvalue weighted by Gasteiger charge is -2.23. The Kier molecular flexibility index (Phi) is 4.13. The van der Waals surface area contributed by atoms with Crippen molar-refractivity contribution in [1.82, 2.24) is 4.98 Å². The first-order chi connectivity index (χ1) is 10.1. The second-order valence-corrected chi connectivity index (χ2v) is 5.86. The SMILES string of the molecule is O=C1CCCc2ccccc2N1Cc1cnc(Cl)cc1Cl. The number of halogens is 2. The number of hydrogen-bond donors (Lipinski definition) is 0. The molecule has 5 heteroatoms. The second kappa shape index (κ2) is 6.04. The number of benzene rings is 1. The first-order valence-electron chi connectivity index (χ1n) is 6.83. The van der Waals surface area contributed by atoms with E-state index in [4.69, 9.17) is 23.2 Å². The maximum Gasteiger partial charge on any atom is 0.227 e. The molecule has 0 N–H and O–H groups in total. The van der Waals surface area contributed by atoms with Crippen LogP contribution in [0.25, 0.3) is 0 Å². The van der Waals surface area contributed by atoms with E-state index in [0.29, 0.717) is 23.1 Å². The Hall–Kier alpha value is -1.58. The van der Waals surface area contributed by atoms with Gasteiger partial charge in [-0.05, 0) is 30.5 Å². The number of fused-ring (bicyclic) bond motifs is 1. The Morgan fingerprint density at radius 1 is 1.19 bits per heavy atom. The smallest absolute Gasteiger partial charge is 0.227 e. The van der Waals surface area contributed by atoms with Gasteiger partial charge in [0, 0.05) is 23.9 Å². The van der Waals surface area contributed by atoms with Crippen molar-refractivity contribution in [3.63, 3.8) is 0 Å². The van der Waals surface area contributed by atoms with Crippen LogP contribution in [-0.4, -0.2) is 10.9 Å². The molecular formula is C16H14Cl2N2O. The number of aryl methyl sites for hydroxylation is 1. The van der Waals surface area contributed by atoms with Gasteiger partial charge in [-0.3, -0.25) is 4.79 Å². The molecule has 3 nitrogen and oxygen atoms in total. The minimum absolute atomic E-state index is 0.117. The lowest BCUT2D eigenvalue weighted by atomic mass is 10.1. The van der Waals surface area contributed by atoms with Crippen LogP contribution in [0.5, 0.6) is 0 Å². The van der Waals surface area contributed by atoms with E-state index in [1.54, 1.807) is 17.2 Å². The van der Waals surface area contributed by atoms with Crippen LogP contribution in [0.1, 0.15) is 24.0 Å². The molecule has 1 aromatic carbocycles. The predicted molar refractivity (Wildman–Crippen MR) is 84.8 cm³/mol. The lowest BCUT2D eigenvalue weighted by molar-refractivity contribution is -0.118. The summed E-state index contributed by atoms with van der Waals surface area (Å²) in [7, 11) is 0. The zero-order valence-electron chi connectivity index (χ0n) is 11.4. The van der Waals surface area contributed by atoms with Crippen molar-refractivity contribution in [2.75, 3.05) is 4.90 Å². The predicted octanol–water partition coefficient (Wildman–Crippen LogP) is 4.26. The van der Waals surface area contributed by atoms with E-state index in [1.807, 2.05) is 18.2 Å². The summed E-state index contributed by atoms with van der Waals surface area (Å²) in [4.78, 5) is 18.2. The van der Waals surface area contributed by atoms with Crippen molar-refractivity contribution in [2.45, 2.75) is 25.8 Å². The van der Waals surface area contributed by atoms with Gasteiger partial charge in [0.2, 0.25) is 5.91 Å². The van der Waals surface area contributed by atoms with Gasteiger partial charge in [-0.1, -0.05) is 41.4 Å². The number of carbonyl (C=O) groups excluding carboxylic acids is 1. The Morgan fingerprint density at radius 2 is 2.00 bits per heavy atom. The molecule has 0 radical (unpaired) electrons. The van der Waals surface area contributed by atoms with E-state index in [0.717, 1.165) is 24.1 Å². The van der Waals surface area contributed by atoms with Gasteiger partial charge in [-0.15, -0.1) is 0 Å². The standard InChI is InChI=1S/C16H14Cl2N2O/c17-13-8-15(18)19-9-12(13)10-20-14-6-2-1-4-11(14)5-3-7-16(20)21/h1-2,4,6,8-9H,3,5,7,10H2. The molecule has 21 heavy (non-hydrogen) atoms. The molecular weight excluding hydrogens is 307 g/mol. The summed E-state index contributed by atoms with van der Waals surface area (Å²) >= 11 is 12.0. The largest absolute Gasteiger partial charge is 0.308 e. The van der Waals surface area contributed by atoms with Gasteiger partial charge in [0.05, 0.1) is 11.6 Å². The van der Waals surface area contributed by atoms with E-state index in [-0.39, 0.29) is 5.91 Å². The summed E-state index contributed by atoms with van der Waals surface area (Å²) in [6, 6.07) is 9.61. The summed E-state index contributed by atoms with van der Waals surface area (Å²) in [6.07, 6.45) is 3.97. The number of hydrogen-bond acceptors (Lipinski definition) is 2. The quantitative estimate of drug-likeness (QED) is 0.775. The van der Waals surface area contributed by atoms with Crippen molar-refractivity contribution in [1.29, 1.82) is 0 Å². The normalized spacial score (nSPS) is 14.8. The number of anilines is 1. The highest BCUT2D eigenvalue weighted by atomic mass is 35.5. The number of nitrogens with zero attached hydrogens (tertiary/aromatic N) is 2. The van der Waals surface area contributed by atoms with Crippen LogP contribution in [0, 0.1) is 0 Å². The summed E-state index contributed by atoms with van der Waals surface area (Å²) in [6.45, 7) is 0.416. The van der Waals surface area contributed by atoms with Gasteiger partial charge < -0.3 is 4.90 Å². The molecule has 1 aromatic heterocycles. The zero-order valence-corrected chi connectivity index (χ0v) is 12.9. The van der Waals surface area contributed by atoms with E-state index in [9.17, 15) is 4.79 Å². The third kappa shape index (κ3) is 3.04. The average molecular weight is 321 g/mol. The Morgan fingerprint density at radius 3 is 2.81 bits per heavy atom. The van der Waals surface area contributed by atoms with Gasteiger partial charge in [0.25, 0.3) is 0 Å². The van der Waals surface area contributed by atoms with Crippen molar-refractivity contribution >= 4 is 34.8 Å². The molecule has 0 fully saturated rings. The summed E-state index contributed by atoms with van der Waals surface area (Å²) in [5, 5.41) is 0.885. The van der Waals surface area contributed by atoms with E-state index in [2.05, 4.69) is 11.1 Å². The lowest BCUT2D eigenvalue weighted by Crippen LogP contribution is -2.29. The Bertz CT molecular complexity index is 688. The topological polar surface area (TPSA) is 33.2 Å². The van der Waals surface area contributed by atoms with Crippen molar-refractivity contribution < 1.29 is 4.79 Å². The highest BCUT2D eigenvalue weighted by Crippen LogP contribution is 2.29. The molecule has 1 aliphatic rings. The molecule has 0 saturated heterocycles. The number of aromatic nitrogens is 1.